The molecule has 0 N–H and O–H groups in total. The lowest BCUT2D eigenvalue weighted by Gasteiger charge is -2.51. The Morgan fingerprint density at radius 1 is 0.571 bits per heavy atom. The van der Waals surface area contributed by atoms with Crippen LogP contribution in [0.4, 0.5) is 28.4 Å². The summed E-state index contributed by atoms with van der Waals surface area (Å²) in [4.78, 5) is 6.91. The van der Waals surface area contributed by atoms with Gasteiger partial charge in [0.15, 0.2) is 0 Å². The highest BCUT2D eigenvalue weighted by Gasteiger charge is 2.55. The largest absolute Gasteiger partial charge is 0.456 e. The molecule has 352 valence electrons. The van der Waals surface area contributed by atoms with Crippen molar-refractivity contribution in [1.82, 2.24) is 0 Å². The molecule has 2 unspecified atom stereocenters. The van der Waals surface area contributed by atoms with Gasteiger partial charge in [-0.3, -0.25) is 0 Å². The molecule has 8 aromatic rings. The van der Waals surface area contributed by atoms with Gasteiger partial charge in [-0.1, -0.05) is 143 Å². The van der Waals surface area contributed by atoms with Crippen molar-refractivity contribution < 1.29 is 4.42 Å². The summed E-state index contributed by atoms with van der Waals surface area (Å²) in [7, 11) is 0. The summed E-state index contributed by atoms with van der Waals surface area (Å²) < 4.78 is 6.72. The van der Waals surface area contributed by atoms with E-state index in [9.17, 15) is 0 Å². The lowest BCUT2D eigenvalue weighted by molar-refractivity contribution is 0.332. The van der Waals surface area contributed by atoms with Gasteiger partial charge >= 0.3 is 0 Å². The molecule has 70 heavy (non-hydrogen) atoms. The molecule has 3 nitrogen and oxygen atoms in total. The molecular weight excluding hydrogens is 868 g/mol. The molecule has 4 heterocycles. The Labute approximate surface area is 421 Å². The fraction of sp³-hybridized carbons (Fsp3) is 0.354. The van der Waals surface area contributed by atoms with Gasteiger partial charge in [0.1, 0.15) is 11.2 Å². The van der Waals surface area contributed by atoms with Crippen molar-refractivity contribution in [2.24, 2.45) is 0 Å². The predicted octanol–water partition coefficient (Wildman–Crippen LogP) is 16.9. The molecule has 0 bridgehead atoms. The van der Waals surface area contributed by atoms with Crippen molar-refractivity contribution in [3.63, 3.8) is 0 Å². The van der Waals surface area contributed by atoms with E-state index < -0.39 is 0 Å². The van der Waals surface area contributed by atoms with Crippen LogP contribution < -0.4 is 20.7 Å². The van der Waals surface area contributed by atoms with E-state index in [1.807, 2.05) is 0 Å². The molecule has 2 atom stereocenters. The molecule has 7 aromatic carbocycles. The van der Waals surface area contributed by atoms with E-state index in [2.05, 4.69) is 232 Å². The van der Waals surface area contributed by atoms with Crippen LogP contribution in [-0.2, 0) is 27.1 Å². The van der Waals surface area contributed by atoms with Gasteiger partial charge < -0.3 is 14.2 Å². The molecule has 5 aliphatic rings. The van der Waals surface area contributed by atoms with E-state index in [1.54, 1.807) is 0 Å². The van der Waals surface area contributed by atoms with Crippen LogP contribution in [0.15, 0.2) is 137 Å². The fourth-order valence-electron chi connectivity index (χ4n) is 13.6. The summed E-state index contributed by atoms with van der Waals surface area (Å²) in [6.07, 6.45) is 4.68. The highest BCUT2D eigenvalue weighted by atomic mass is 32.2. The van der Waals surface area contributed by atoms with E-state index in [-0.39, 0.29) is 45.0 Å². The summed E-state index contributed by atoms with van der Waals surface area (Å²) in [5.74, 6) is 0. The number of fused-ring (bicyclic) bond motifs is 11. The Bertz CT molecular complexity index is 3510. The number of anilines is 5. The molecule has 13 rings (SSSR count). The molecule has 0 saturated carbocycles. The van der Waals surface area contributed by atoms with Gasteiger partial charge in [0.05, 0.1) is 11.7 Å². The third-order valence-electron chi connectivity index (χ3n) is 18.0. The Hall–Kier alpha value is -5.65. The maximum absolute atomic E-state index is 6.72. The predicted molar refractivity (Wildman–Crippen MR) is 300 cm³/mol. The average molecular weight is 935 g/mol. The quantitative estimate of drug-likeness (QED) is 0.164. The number of benzene rings is 7. The molecule has 1 aromatic heterocycles. The molecule has 0 amide bonds. The minimum atomic E-state index is 0.0106. The average Bonchev–Trinajstić information content (AvgIpc) is 3.89. The summed E-state index contributed by atoms with van der Waals surface area (Å²) in [6.45, 7) is 29.5. The van der Waals surface area contributed by atoms with Crippen LogP contribution in [0.2, 0.25) is 0 Å². The van der Waals surface area contributed by atoms with Crippen molar-refractivity contribution in [2.45, 2.75) is 152 Å². The van der Waals surface area contributed by atoms with Crippen molar-refractivity contribution in [1.29, 1.82) is 0 Å². The van der Waals surface area contributed by atoms with Gasteiger partial charge in [0, 0.05) is 55.2 Å². The fourth-order valence-corrected chi connectivity index (χ4v) is 15.2. The van der Waals surface area contributed by atoms with Gasteiger partial charge in [0.2, 0.25) is 6.71 Å². The lowest BCUT2D eigenvalue weighted by Crippen LogP contribution is -2.63. The third kappa shape index (κ3) is 6.41. The van der Waals surface area contributed by atoms with Crippen LogP contribution in [0, 0.1) is 6.92 Å². The van der Waals surface area contributed by atoms with E-state index >= 15 is 0 Å². The zero-order chi connectivity index (χ0) is 48.6. The summed E-state index contributed by atoms with van der Waals surface area (Å²) in [5.41, 5.74) is 24.1. The zero-order valence-electron chi connectivity index (χ0n) is 43.4. The minimum Gasteiger partial charge on any atom is -0.456 e. The second-order valence-corrected chi connectivity index (χ2v) is 26.7. The number of aryl methyl sites for hydroxylation is 1. The summed E-state index contributed by atoms with van der Waals surface area (Å²) >= 11 is 2.12. The van der Waals surface area contributed by atoms with E-state index in [0.717, 1.165) is 28.4 Å². The first-order valence-electron chi connectivity index (χ1n) is 26.1. The van der Waals surface area contributed by atoms with E-state index in [0.29, 0.717) is 0 Å². The summed E-state index contributed by atoms with van der Waals surface area (Å²) in [5, 5.41) is 2.54. The molecular formula is C65H67BN2OS. The minimum absolute atomic E-state index is 0.0106. The number of nitrogens with zero attached hydrogens (tertiary/aromatic N) is 2. The first-order valence-corrected chi connectivity index (χ1v) is 27.0. The smallest absolute Gasteiger partial charge is 0.233 e. The zero-order valence-corrected chi connectivity index (χ0v) is 44.2. The molecule has 3 aliphatic heterocycles. The standard InChI is InChI=1S/C65H67BN2OS/c1-38-30-53-58-54(31-38)68(51-36-48-46(62(5,6)26-28-64(48,9)10)34-44(51)39-18-14-13-15-19-39)52-37-49-47(63(7,8)27-29-65(49,11)12)35-50(52)66(58)60-59(45-32-40(61(2,3)4)22-25-57(45)70-60)67(53)41-23-24-43-42-20-16-17-21-55(42)69-56(43)33-41/h13-25,30-37,59-60H,26-29H2,1-12H3. The number of hydrogen-bond acceptors (Lipinski definition) is 4. The number of rotatable bonds is 3. The van der Waals surface area contributed by atoms with Crippen LogP contribution in [-0.4, -0.2) is 11.9 Å². The van der Waals surface area contributed by atoms with Gasteiger partial charge in [0.25, 0.3) is 0 Å². The number of thioether (sulfide) groups is 1. The number of furan rings is 1. The van der Waals surface area contributed by atoms with Crippen molar-refractivity contribution >= 4 is 79.8 Å². The Balaban J connectivity index is 1.16. The maximum Gasteiger partial charge on any atom is 0.233 e. The van der Waals surface area contributed by atoms with Gasteiger partial charge in [-0.2, -0.15) is 0 Å². The molecule has 5 heteroatoms. The van der Waals surface area contributed by atoms with Crippen LogP contribution in [0.5, 0.6) is 0 Å². The van der Waals surface area contributed by atoms with Crippen LogP contribution in [0.3, 0.4) is 0 Å². The summed E-state index contributed by atoms with van der Waals surface area (Å²) in [6, 6.07) is 50.1. The first kappa shape index (κ1) is 44.3. The highest BCUT2D eigenvalue weighted by molar-refractivity contribution is 8.02. The van der Waals surface area contributed by atoms with Crippen molar-refractivity contribution in [3.05, 3.63) is 166 Å². The second-order valence-electron chi connectivity index (χ2n) is 25.5. The van der Waals surface area contributed by atoms with E-state index in [4.69, 9.17) is 4.42 Å². The van der Waals surface area contributed by atoms with Gasteiger partial charge in [-0.15, -0.1) is 11.8 Å². The van der Waals surface area contributed by atoms with Crippen molar-refractivity contribution in [2.75, 3.05) is 9.80 Å². The van der Waals surface area contributed by atoms with Crippen LogP contribution in [0.25, 0.3) is 33.1 Å². The first-order chi connectivity index (χ1) is 33.2. The molecule has 0 spiro atoms. The topological polar surface area (TPSA) is 19.6 Å². The number of hydrogen-bond donors (Lipinski definition) is 0. The normalized spacial score (nSPS) is 20.9. The van der Waals surface area contributed by atoms with Crippen molar-refractivity contribution in [3.8, 4) is 11.1 Å². The Kier molecular flexibility index (Phi) is 9.32. The van der Waals surface area contributed by atoms with E-state index in [1.165, 1.54) is 114 Å². The van der Waals surface area contributed by atoms with Gasteiger partial charge in [-0.05, 0) is 170 Å². The maximum atomic E-state index is 6.72. The molecule has 0 radical (unpaired) electrons. The molecule has 2 aliphatic carbocycles. The number of para-hydroxylation sites is 1. The highest BCUT2D eigenvalue weighted by Crippen LogP contribution is 2.59. The Morgan fingerprint density at radius 2 is 1.17 bits per heavy atom. The monoisotopic (exact) mass is 935 g/mol. The SMILES string of the molecule is Cc1cc2c3c(c1)N(c1ccc4c(c1)oc1ccccc14)C1c4cc(C(C)(C)C)ccc4SC1B3c1cc3c(cc1N2c1cc2c(cc1-c1ccccc1)C(C)(C)CCC2(C)C)C(C)(C)CCC3(C)C. The Morgan fingerprint density at radius 3 is 1.86 bits per heavy atom. The molecule has 0 fully saturated rings. The lowest BCUT2D eigenvalue weighted by atomic mass is 9.33. The second kappa shape index (κ2) is 14.7. The van der Waals surface area contributed by atoms with Crippen LogP contribution >= 0.6 is 11.8 Å². The molecule has 0 saturated heterocycles. The third-order valence-corrected chi connectivity index (χ3v) is 19.4. The van der Waals surface area contributed by atoms with Gasteiger partial charge in [-0.25, -0.2) is 0 Å². The van der Waals surface area contributed by atoms with Crippen LogP contribution in [0.1, 0.15) is 147 Å².